The molecule has 0 saturated carbocycles. The van der Waals surface area contributed by atoms with Gasteiger partial charge in [-0.3, -0.25) is 9.08 Å². The Kier molecular flexibility index (Phi) is 3.34. The molecular formula is C18H17N7O. The van der Waals surface area contributed by atoms with Gasteiger partial charge in [-0.25, -0.2) is 4.98 Å². The summed E-state index contributed by atoms with van der Waals surface area (Å²) in [6.45, 7) is 1.41. The molecule has 5 rings (SSSR count). The van der Waals surface area contributed by atoms with Gasteiger partial charge in [0.05, 0.1) is 17.9 Å². The maximum atomic E-state index is 5.64. The average Bonchev–Trinajstić information content (AvgIpc) is 3.39. The number of aryl methyl sites for hydroxylation is 1. The molecule has 1 aromatic carbocycles. The van der Waals surface area contributed by atoms with Gasteiger partial charge in [-0.15, -0.1) is 10.2 Å². The van der Waals surface area contributed by atoms with Crippen LogP contribution in [0.1, 0.15) is 11.1 Å². The first-order chi connectivity index (χ1) is 12.8. The lowest BCUT2D eigenvalue weighted by Crippen LogP contribution is -2.08. The number of nitrogens with one attached hydrogen (secondary N) is 1. The van der Waals surface area contributed by atoms with Gasteiger partial charge >= 0.3 is 0 Å². The van der Waals surface area contributed by atoms with E-state index in [0.29, 0.717) is 12.5 Å². The zero-order valence-corrected chi connectivity index (χ0v) is 14.3. The van der Waals surface area contributed by atoms with Gasteiger partial charge in [-0.1, -0.05) is 12.1 Å². The predicted octanol–water partition coefficient (Wildman–Crippen LogP) is 2.07. The number of hydrogen-bond donors (Lipinski definition) is 1. The normalized spacial score (nSPS) is 13.0. The molecule has 4 aromatic rings. The molecule has 26 heavy (non-hydrogen) atoms. The van der Waals surface area contributed by atoms with E-state index in [-0.39, 0.29) is 0 Å². The predicted molar refractivity (Wildman–Crippen MR) is 96.0 cm³/mol. The third-order valence-corrected chi connectivity index (χ3v) is 4.71. The van der Waals surface area contributed by atoms with Crippen molar-refractivity contribution in [3.63, 3.8) is 0 Å². The maximum Gasteiger partial charge on any atom is 0.210 e. The molecule has 1 aliphatic heterocycles. The van der Waals surface area contributed by atoms with Gasteiger partial charge in [0.25, 0.3) is 0 Å². The molecule has 0 radical (unpaired) electrons. The molecule has 0 unspecified atom stereocenters. The summed E-state index contributed by atoms with van der Waals surface area (Å²) < 4.78 is 9.30. The Labute approximate surface area is 149 Å². The summed E-state index contributed by atoms with van der Waals surface area (Å²) in [6, 6.07) is 8.10. The van der Waals surface area contributed by atoms with Gasteiger partial charge in [0.1, 0.15) is 12.1 Å². The largest absolute Gasteiger partial charge is 0.493 e. The second-order valence-corrected chi connectivity index (χ2v) is 6.21. The first-order valence-corrected chi connectivity index (χ1v) is 8.46. The Hall–Kier alpha value is -3.42. The smallest absolute Gasteiger partial charge is 0.210 e. The van der Waals surface area contributed by atoms with Gasteiger partial charge in [-0.05, 0) is 17.7 Å². The van der Waals surface area contributed by atoms with E-state index in [0.717, 1.165) is 35.7 Å². The van der Waals surface area contributed by atoms with E-state index in [4.69, 9.17) is 4.74 Å². The van der Waals surface area contributed by atoms with Gasteiger partial charge in [0, 0.05) is 38.0 Å². The molecule has 1 aliphatic rings. The van der Waals surface area contributed by atoms with Crippen LogP contribution in [0, 0.1) is 0 Å². The Balaban J connectivity index is 1.49. The van der Waals surface area contributed by atoms with E-state index in [1.807, 2.05) is 35.8 Å². The molecule has 130 valence electrons. The fraction of sp³-hybridized carbons (Fsp3) is 0.222. The van der Waals surface area contributed by atoms with Crippen molar-refractivity contribution in [1.29, 1.82) is 0 Å². The SMILES string of the molecule is Cn1nccc1-c1cnc(NCc2cccc3c2CCO3)n2cnnc12. The quantitative estimate of drug-likeness (QED) is 0.609. The lowest BCUT2D eigenvalue weighted by atomic mass is 10.1. The molecule has 8 heteroatoms. The molecule has 8 nitrogen and oxygen atoms in total. The molecular weight excluding hydrogens is 330 g/mol. The fourth-order valence-corrected chi connectivity index (χ4v) is 3.40. The highest BCUT2D eigenvalue weighted by atomic mass is 16.5. The van der Waals surface area contributed by atoms with Crippen LogP contribution >= 0.6 is 0 Å². The minimum Gasteiger partial charge on any atom is -0.493 e. The van der Waals surface area contributed by atoms with E-state index in [9.17, 15) is 0 Å². The summed E-state index contributed by atoms with van der Waals surface area (Å²) in [7, 11) is 1.90. The lowest BCUT2D eigenvalue weighted by Gasteiger charge is -2.11. The van der Waals surface area contributed by atoms with Gasteiger partial charge in [0.2, 0.25) is 5.95 Å². The number of hydrogen-bond acceptors (Lipinski definition) is 6. The monoisotopic (exact) mass is 347 g/mol. The molecule has 1 N–H and O–H groups in total. The molecule has 0 amide bonds. The van der Waals surface area contributed by atoms with Crippen LogP contribution in [-0.2, 0) is 20.0 Å². The van der Waals surface area contributed by atoms with Crippen LogP contribution in [0.3, 0.4) is 0 Å². The van der Waals surface area contributed by atoms with Crippen molar-refractivity contribution >= 4 is 11.6 Å². The van der Waals surface area contributed by atoms with E-state index in [1.165, 1.54) is 11.1 Å². The molecule has 0 aliphatic carbocycles. The second-order valence-electron chi connectivity index (χ2n) is 6.21. The summed E-state index contributed by atoms with van der Waals surface area (Å²) in [4.78, 5) is 4.58. The van der Waals surface area contributed by atoms with Crippen molar-refractivity contribution in [3.05, 3.63) is 54.1 Å². The van der Waals surface area contributed by atoms with E-state index in [1.54, 1.807) is 17.2 Å². The number of nitrogens with zero attached hydrogens (tertiary/aromatic N) is 6. The van der Waals surface area contributed by atoms with Crippen LogP contribution < -0.4 is 10.1 Å². The van der Waals surface area contributed by atoms with E-state index >= 15 is 0 Å². The molecule has 0 bridgehead atoms. The summed E-state index contributed by atoms with van der Waals surface area (Å²) in [5.41, 5.74) is 5.07. The molecule has 4 heterocycles. The Morgan fingerprint density at radius 1 is 1.27 bits per heavy atom. The molecule has 3 aromatic heterocycles. The number of ether oxygens (including phenoxy) is 1. The van der Waals surface area contributed by atoms with Gasteiger partial charge < -0.3 is 10.1 Å². The van der Waals surface area contributed by atoms with Crippen molar-refractivity contribution in [2.24, 2.45) is 7.05 Å². The average molecular weight is 347 g/mol. The second kappa shape index (κ2) is 5.83. The summed E-state index contributed by atoms with van der Waals surface area (Å²) >= 11 is 0. The first-order valence-electron chi connectivity index (χ1n) is 8.46. The first kappa shape index (κ1) is 14.9. The van der Waals surface area contributed by atoms with Crippen molar-refractivity contribution < 1.29 is 4.74 Å². The zero-order chi connectivity index (χ0) is 17.5. The Morgan fingerprint density at radius 2 is 2.23 bits per heavy atom. The molecule has 0 fully saturated rings. The highest BCUT2D eigenvalue weighted by molar-refractivity contribution is 5.75. The van der Waals surface area contributed by atoms with Crippen LogP contribution in [0.5, 0.6) is 5.75 Å². The number of fused-ring (bicyclic) bond motifs is 2. The van der Waals surface area contributed by atoms with Crippen LogP contribution in [0.2, 0.25) is 0 Å². The number of benzene rings is 1. The van der Waals surface area contributed by atoms with Gasteiger partial charge in [0.15, 0.2) is 5.65 Å². The third kappa shape index (κ3) is 2.30. The van der Waals surface area contributed by atoms with Crippen molar-refractivity contribution in [2.45, 2.75) is 13.0 Å². The maximum absolute atomic E-state index is 5.64. The molecule has 0 atom stereocenters. The fourth-order valence-electron chi connectivity index (χ4n) is 3.40. The standard InChI is InChI=1S/C18H17N7O/c1-24-15(5-7-22-24)14-10-20-18(25-11-21-23-17(14)25)19-9-12-3-2-4-16-13(12)6-8-26-16/h2-5,7,10-11H,6,8-9H2,1H3,(H,19,20). The highest BCUT2D eigenvalue weighted by Gasteiger charge is 2.17. The molecule has 0 saturated heterocycles. The lowest BCUT2D eigenvalue weighted by molar-refractivity contribution is 0.357. The van der Waals surface area contributed by atoms with Crippen molar-refractivity contribution in [1.82, 2.24) is 29.4 Å². The summed E-state index contributed by atoms with van der Waals surface area (Å²) in [5.74, 6) is 1.69. The summed E-state index contributed by atoms with van der Waals surface area (Å²) in [5, 5.41) is 15.9. The molecule has 0 spiro atoms. The van der Waals surface area contributed by atoms with Crippen molar-refractivity contribution in [3.8, 4) is 17.0 Å². The highest BCUT2D eigenvalue weighted by Crippen LogP contribution is 2.29. The minimum atomic E-state index is 0.665. The van der Waals surface area contributed by atoms with E-state index in [2.05, 4.69) is 31.7 Å². The van der Waals surface area contributed by atoms with Crippen molar-refractivity contribution in [2.75, 3.05) is 11.9 Å². The van der Waals surface area contributed by atoms with E-state index < -0.39 is 0 Å². The van der Waals surface area contributed by atoms with Gasteiger partial charge in [-0.2, -0.15) is 5.10 Å². The third-order valence-electron chi connectivity index (χ3n) is 4.71. The number of rotatable bonds is 4. The topological polar surface area (TPSA) is 82.2 Å². The Bertz CT molecular complexity index is 1100. The van der Waals surface area contributed by atoms with Crippen LogP contribution in [-0.4, -0.2) is 36.0 Å². The number of anilines is 1. The van der Waals surface area contributed by atoms with Crippen LogP contribution in [0.4, 0.5) is 5.95 Å². The number of aromatic nitrogens is 6. The van der Waals surface area contributed by atoms with Crippen LogP contribution in [0.25, 0.3) is 16.9 Å². The minimum absolute atomic E-state index is 0.665. The zero-order valence-electron chi connectivity index (χ0n) is 14.3. The Morgan fingerprint density at radius 3 is 3.12 bits per heavy atom. The summed E-state index contributed by atoms with van der Waals surface area (Å²) in [6.07, 6.45) is 6.18. The van der Waals surface area contributed by atoms with Crippen LogP contribution in [0.15, 0.2) is 43.0 Å².